The average molecular weight is 339 g/mol. The maximum absolute atomic E-state index is 12.3. The summed E-state index contributed by atoms with van der Waals surface area (Å²) in [5, 5.41) is 2.91. The number of furan rings is 1. The van der Waals surface area contributed by atoms with E-state index in [4.69, 9.17) is 4.42 Å². The van der Waals surface area contributed by atoms with Crippen molar-refractivity contribution in [3.05, 3.63) is 48.3 Å². The van der Waals surface area contributed by atoms with Crippen LogP contribution in [0.4, 0.5) is 4.79 Å². The van der Waals surface area contributed by atoms with E-state index in [1.54, 1.807) is 12.5 Å². The van der Waals surface area contributed by atoms with Crippen LogP contribution in [0.1, 0.15) is 18.0 Å². The van der Waals surface area contributed by atoms with E-state index in [1.807, 2.05) is 36.2 Å². The Bertz CT molecular complexity index is 871. The van der Waals surface area contributed by atoms with Crippen molar-refractivity contribution < 1.29 is 9.21 Å². The molecule has 1 N–H and O–H groups in total. The van der Waals surface area contributed by atoms with Gasteiger partial charge in [0.1, 0.15) is 17.1 Å². The number of nitrogens with one attached hydrogen (secondary N) is 1. The summed E-state index contributed by atoms with van der Waals surface area (Å²) in [5.41, 5.74) is 1.83. The maximum atomic E-state index is 12.3. The van der Waals surface area contributed by atoms with Gasteiger partial charge in [0.05, 0.1) is 12.8 Å². The van der Waals surface area contributed by atoms with Crippen molar-refractivity contribution in [2.45, 2.75) is 19.4 Å². The number of carbonyl (C=O) groups excluding carboxylic acids is 1. The molecule has 4 heterocycles. The molecular formula is C18H21N5O2. The van der Waals surface area contributed by atoms with Crippen LogP contribution in [-0.2, 0) is 20.0 Å². The third-order valence-electron chi connectivity index (χ3n) is 4.76. The van der Waals surface area contributed by atoms with E-state index in [-0.39, 0.29) is 6.03 Å². The van der Waals surface area contributed by atoms with E-state index in [2.05, 4.69) is 19.9 Å². The predicted octanol–water partition coefficient (Wildman–Crippen LogP) is 2.34. The molecule has 1 atom stereocenters. The van der Waals surface area contributed by atoms with Gasteiger partial charge in [0.25, 0.3) is 0 Å². The Morgan fingerprint density at radius 2 is 2.32 bits per heavy atom. The highest BCUT2D eigenvalue weighted by Crippen LogP contribution is 2.22. The fourth-order valence-corrected chi connectivity index (χ4v) is 3.38. The number of hydrogen-bond donors (Lipinski definition) is 1. The summed E-state index contributed by atoms with van der Waals surface area (Å²) in [6.45, 7) is 1.95. The Kier molecular flexibility index (Phi) is 4.13. The molecule has 0 bridgehead atoms. The molecule has 0 saturated carbocycles. The summed E-state index contributed by atoms with van der Waals surface area (Å²) in [6, 6.07) is 7.52. The smallest absolute Gasteiger partial charge is 0.317 e. The lowest BCUT2D eigenvalue weighted by Crippen LogP contribution is -2.38. The van der Waals surface area contributed by atoms with Crippen molar-refractivity contribution in [3.8, 4) is 0 Å². The van der Waals surface area contributed by atoms with E-state index >= 15 is 0 Å². The van der Waals surface area contributed by atoms with Gasteiger partial charge in [-0.3, -0.25) is 0 Å². The lowest BCUT2D eigenvalue weighted by Gasteiger charge is -2.17. The van der Waals surface area contributed by atoms with Crippen LogP contribution in [0.25, 0.3) is 11.2 Å². The molecule has 1 unspecified atom stereocenters. The fraction of sp³-hybridized carbons (Fsp3) is 0.389. The van der Waals surface area contributed by atoms with Gasteiger partial charge in [0.15, 0.2) is 5.65 Å². The lowest BCUT2D eigenvalue weighted by molar-refractivity contribution is 0.205. The Morgan fingerprint density at radius 1 is 1.40 bits per heavy atom. The van der Waals surface area contributed by atoms with E-state index in [1.165, 1.54) is 0 Å². The lowest BCUT2D eigenvalue weighted by atomic mass is 10.0. The normalized spacial score (nSPS) is 17.3. The molecule has 1 saturated heterocycles. The van der Waals surface area contributed by atoms with Gasteiger partial charge >= 0.3 is 6.03 Å². The number of pyridine rings is 1. The second-order valence-electron chi connectivity index (χ2n) is 6.48. The van der Waals surface area contributed by atoms with Gasteiger partial charge in [-0.05, 0) is 36.6 Å². The van der Waals surface area contributed by atoms with Crippen molar-refractivity contribution in [3.63, 3.8) is 0 Å². The molecular weight excluding hydrogens is 318 g/mol. The highest BCUT2D eigenvalue weighted by molar-refractivity contribution is 5.74. The van der Waals surface area contributed by atoms with Crippen molar-refractivity contribution in [2.75, 3.05) is 13.1 Å². The van der Waals surface area contributed by atoms with Crippen molar-refractivity contribution in [2.24, 2.45) is 13.0 Å². The molecule has 0 aromatic carbocycles. The Hall–Kier alpha value is -2.83. The molecule has 4 rings (SSSR count). The van der Waals surface area contributed by atoms with E-state index in [9.17, 15) is 4.79 Å². The summed E-state index contributed by atoms with van der Waals surface area (Å²) < 4.78 is 7.29. The highest BCUT2D eigenvalue weighted by atomic mass is 16.3. The topological polar surface area (TPSA) is 76.2 Å². The van der Waals surface area contributed by atoms with Gasteiger partial charge in [-0.1, -0.05) is 0 Å². The Morgan fingerprint density at radius 3 is 3.12 bits per heavy atom. The molecule has 130 valence electrons. The van der Waals surface area contributed by atoms with Crippen LogP contribution in [0.5, 0.6) is 0 Å². The highest BCUT2D eigenvalue weighted by Gasteiger charge is 2.27. The van der Waals surface area contributed by atoms with Crippen LogP contribution >= 0.6 is 0 Å². The summed E-state index contributed by atoms with van der Waals surface area (Å²) in [6.07, 6.45) is 5.24. The molecule has 0 aliphatic carbocycles. The Balaban J connectivity index is 1.35. The number of amides is 2. The number of fused-ring (bicyclic) bond motifs is 1. The molecule has 2 amide bonds. The van der Waals surface area contributed by atoms with Gasteiger partial charge in [0.2, 0.25) is 0 Å². The molecule has 7 nitrogen and oxygen atoms in total. The van der Waals surface area contributed by atoms with Gasteiger partial charge < -0.3 is 19.2 Å². The minimum absolute atomic E-state index is 0.0365. The molecule has 25 heavy (non-hydrogen) atoms. The number of likely N-dealkylation sites (tertiary alicyclic amines) is 1. The minimum Gasteiger partial charge on any atom is -0.467 e. The summed E-state index contributed by atoms with van der Waals surface area (Å²) in [4.78, 5) is 23.2. The molecule has 7 heteroatoms. The Labute approximate surface area is 145 Å². The second-order valence-corrected chi connectivity index (χ2v) is 6.48. The van der Waals surface area contributed by atoms with E-state index < -0.39 is 0 Å². The van der Waals surface area contributed by atoms with Crippen LogP contribution in [0.3, 0.4) is 0 Å². The van der Waals surface area contributed by atoms with Crippen molar-refractivity contribution >= 4 is 17.2 Å². The van der Waals surface area contributed by atoms with E-state index in [0.717, 1.165) is 48.7 Å². The number of hydrogen-bond acceptors (Lipinski definition) is 4. The van der Waals surface area contributed by atoms with Gasteiger partial charge in [-0.2, -0.15) is 0 Å². The fourth-order valence-electron chi connectivity index (χ4n) is 3.38. The van der Waals surface area contributed by atoms with Crippen LogP contribution in [0, 0.1) is 5.92 Å². The average Bonchev–Trinajstić information content (AvgIpc) is 3.35. The first kappa shape index (κ1) is 15.7. The van der Waals surface area contributed by atoms with Gasteiger partial charge in [-0.25, -0.2) is 14.8 Å². The quantitative estimate of drug-likeness (QED) is 0.791. The minimum atomic E-state index is -0.0365. The SMILES string of the molecule is Cn1c(CC2CCN(C(=O)NCc3ccco3)C2)nc2cccnc21. The summed E-state index contributed by atoms with van der Waals surface area (Å²) >= 11 is 0. The number of carbonyl (C=O) groups is 1. The van der Waals surface area contributed by atoms with E-state index in [0.29, 0.717) is 12.5 Å². The molecule has 1 fully saturated rings. The third-order valence-corrected chi connectivity index (χ3v) is 4.76. The first-order chi connectivity index (χ1) is 12.2. The first-order valence-electron chi connectivity index (χ1n) is 8.52. The van der Waals surface area contributed by atoms with Crippen LogP contribution in [0.15, 0.2) is 41.1 Å². The molecule has 0 spiro atoms. The van der Waals surface area contributed by atoms with Gasteiger partial charge in [0, 0.05) is 32.8 Å². The number of rotatable bonds is 4. The van der Waals surface area contributed by atoms with Gasteiger partial charge in [-0.15, -0.1) is 0 Å². The summed E-state index contributed by atoms with van der Waals surface area (Å²) in [7, 11) is 2.00. The maximum Gasteiger partial charge on any atom is 0.317 e. The molecule has 3 aromatic heterocycles. The zero-order valence-electron chi connectivity index (χ0n) is 14.2. The van der Waals surface area contributed by atoms with Crippen molar-refractivity contribution in [1.82, 2.24) is 24.8 Å². The van der Waals surface area contributed by atoms with Crippen LogP contribution < -0.4 is 5.32 Å². The first-order valence-corrected chi connectivity index (χ1v) is 8.52. The van der Waals surface area contributed by atoms with Crippen molar-refractivity contribution in [1.29, 1.82) is 0 Å². The zero-order valence-corrected chi connectivity index (χ0v) is 14.2. The van der Waals surface area contributed by atoms with Crippen LogP contribution in [0.2, 0.25) is 0 Å². The number of urea groups is 1. The number of aryl methyl sites for hydroxylation is 1. The number of aromatic nitrogens is 3. The number of nitrogens with zero attached hydrogens (tertiary/aromatic N) is 4. The predicted molar refractivity (Wildman–Crippen MR) is 92.8 cm³/mol. The van der Waals surface area contributed by atoms with Crippen LogP contribution in [-0.4, -0.2) is 38.6 Å². The molecule has 1 aliphatic heterocycles. The standard InChI is InChI=1S/C18H21N5O2/c1-22-16(21-15-5-2-7-19-17(15)22)10-13-6-8-23(12-13)18(24)20-11-14-4-3-9-25-14/h2-5,7,9,13H,6,8,10-12H2,1H3,(H,20,24). The molecule has 3 aromatic rings. The zero-order chi connectivity index (χ0) is 17.2. The summed E-state index contributed by atoms with van der Waals surface area (Å²) in [5.74, 6) is 2.21. The molecule has 0 radical (unpaired) electrons. The second kappa shape index (κ2) is 6.58. The largest absolute Gasteiger partial charge is 0.467 e. The molecule has 1 aliphatic rings. The third kappa shape index (κ3) is 3.22. The number of imidazole rings is 1. The monoisotopic (exact) mass is 339 g/mol.